The normalized spacial score (nSPS) is 12.3. The van der Waals surface area contributed by atoms with Crippen molar-refractivity contribution >= 4 is 38.3 Å². The third-order valence-corrected chi connectivity index (χ3v) is 6.34. The number of anilines is 3. The van der Waals surface area contributed by atoms with Crippen molar-refractivity contribution in [2.45, 2.75) is 17.9 Å². The van der Waals surface area contributed by atoms with Crippen molar-refractivity contribution in [2.75, 3.05) is 23.0 Å². The van der Waals surface area contributed by atoms with Gasteiger partial charge in [-0.15, -0.1) is 0 Å². The standard InChI is InChI=1S/C22H18F2N8O3S/c1-10(28-19-14(9-25)18(26)30-22(27)31-19)20-29-15-4-3-5-16(36(2,34)35)17(15)21(33)32(20)13-7-11(23)6-12(24)8-13/h3-8,10H,1-2H3,(H5,26,27,28,30,31). The zero-order valence-corrected chi connectivity index (χ0v) is 19.6. The SMILES string of the molecule is CC(Nc1nc(N)nc(N)c1C#N)c1nc2cccc(S(C)(=O)=O)c2c(=O)n1-c1cc(F)cc(F)c1. The second kappa shape index (κ2) is 8.86. The third kappa shape index (κ3) is 4.39. The molecule has 14 heteroatoms. The molecule has 0 saturated heterocycles. The van der Waals surface area contributed by atoms with Crippen LogP contribution in [0.3, 0.4) is 0 Å². The Kier molecular flexibility index (Phi) is 6.02. The lowest BCUT2D eigenvalue weighted by Gasteiger charge is -2.21. The summed E-state index contributed by atoms with van der Waals surface area (Å²) in [5.41, 5.74) is 10.2. The van der Waals surface area contributed by atoms with Crippen LogP contribution in [0.5, 0.6) is 0 Å². The number of fused-ring (bicyclic) bond motifs is 1. The minimum atomic E-state index is -3.87. The van der Waals surface area contributed by atoms with Gasteiger partial charge >= 0.3 is 0 Å². The van der Waals surface area contributed by atoms with E-state index >= 15 is 0 Å². The van der Waals surface area contributed by atoms with E-state index in [0.717, 1.165) is 23.0 Å². The second-order valence-electron chi connectivity index (χ2n) is 7.83. The summed E-state index contributed by atoms with van der Waals surface area (Å²) in [6, 6.07) is 7.43. The van der Waals surface area contributed by atoms with Crippen molar-refractivity contribution in [1.82, 2.24) is 19.5 Å². The zero-order chi connectivity index (χ0) is 26.4. The zero-order valence-electron chi connectivity index (χ0n) is 18.8. The molecule has 2 aromatic heterocycles. The first-order valence-electron chi connectivity index (χ1n) is 10.2. The Balaban J connectivity index is 2.04. The molecule has 0 spiro atoms. The number of nitriles is 1. The lowest BCUT2D eigenvalue weighted by Crippen LogP contribution is -2.28. The van der Waals surface area contributed by atoms with E-state index in [2.05, 4.69) is 20.3 Å². The number of aromatic nitrogens is 4. The van der Waals surface area contributed by atoms with Crippen LogP contribution in [0, 0.1) is 23.0 Å². The number of hydrogen-bond acceptors (Lipinski definition) is 10. The molecule has 0 amide bonds. The van der Waals surface area contributed by atoms with E-state index in [-0.39, 0.29) is 50.5 Å². The van der Waals surface area contributed by atoms with Gasteiger partial charge in [0.15, 0.2) is 15.7 Å². The highest BCUT2D eigenvalue weighted by molar-refractivity contribution is 7.91. The molecule has 0 radical (unpaired) electrons. The number of rotatable bonds is 5. The molecular formula is C22H18F2N8O3S. The number of halogens is 2. The van der Waals surface area contributed by atoms with Gasteiger partial charge in [0.2, 0.25) is 5.95 Å². The van der Waals surface area contributed by atoms with Crippen LogP contribution in [0.15, 0.2) is 46.1 Å². The van der Waals surface area contributed by atoms with Crippen LogP contribution >= 0.6 is 0 Å². The first-order valence-corrected chi connectivity index (χ1v) is 12.1. The second-order valence-corrected chi connectivity index (χ2v) is 9.81. The van der Waals surface area contributed by atoms with Gasteiger partial charge in [-0.3, -0.25) is 9.36 Å². The molecule has 11 nitrogen and oxygen atoms in total. The number of nitrogen functional groups attached to an aromatic ring is 2. The molecule has 5 N–H and O–H groups in total. The molecule has 1 unspecified atom stereocenters. The summed E-state index contributed by atoms with van der Waals surface area (Å²) >= 11 is 0. The van der Waals surface area contributed by atoms with Gasteiger partial charge in [0, 0.05) is 12.3 Å². The summed E-state index contributed by atoms with van der Waals surface area (Å²) < 4.78 is 53.9. The molecule has 2 aromatic carbocycles. The van der Waals surface area contributed by atoms with Gasteiger partial charge in [0.25, 0.3) is 5.56 Å². The minimum Gasteiger partial charge on any atom is -0.382 e. The molecule has 0 bridgehead atoms. The summed E-state index contributed by atoms with van der Waals surface area (Å²) in [5.74, 6) is -2.48. The molecule has 0 fully saturated rings. The van der Waals surface area contributed by atoms with Crippen LogP contribution in [-0.4, -0.2) is 34.2 Å². The maximum atomic E-state index is 14.1. The van der Waals surface area contributed by atoms with E-state index in [4.69, 9.17) is 11.5 Å². The average molecular weight is 513 g/mol. The number of nitrogens with zero attached hydrogens (tertiary/aromatic N) is 5. The van der Waals surface area contributed by atoms with Gasteiger partial charge in [-0.2, -0.15) is 15.2 Å². The summed E-state index contributed by atoms with van der Waals surface area (Å²) in [4.78, 5) is 25.5. The Morgan fingerprint density at radius 2 is 1.78 bits per heavy atom. The molecule has 0 aliphatic rings. The van der Waals surface area contributed by atoms with Gasteiger partial charge in [0.1, 0.15) is 34.9 Å². The van der Waals surface area contributed by atoms with Crippen LogP contribution in [-0.2, 0) is 9.84 Å². The molecule has 4 rings (SSSR count). The predicted molar refractivity (Wildman–Crippen MR) is 128 cm³/mol. The van der Waals surface area contributed by atoms with Crippen molar-refractivity contribution < 1.29 is 17.2 Å². The van der Waals surface area contributed by atoms with E-state index in [9.17, 15) is 27.3 Å². The first kappa shape index (κ1) is 24.5. The fourth-order valence-electron chi connectivity index (χ4n) is 3.71. The fraction of sp³-hybridized carbons (Fsp3) is 0.136. The summed E-state index contributed by atoms with van der Waals surface area (Å²) in [5, 5.41) is 12.1. The first-order chi connectivity index (χ1) is 16.9. The maximum absolute atomic E-state index is 14.1. The summed E-state index contributed by atoms with van der Waals surface area (Å²) in [6.07, 6.45) is 0.929. The highest BCUT2D eigenvalue weighted by atomic mass is 32.2. The van der Waals surface area contributed by atoms with Crippen LogP contribution in [0.4, 0.5) is 26.4 Å². The lowest BCUT2D eigenvalue weighted by atomic mass is 10.2. The Morgan fingerprint density at radius 1 is 1.11 bits per heavy atom. The Labute approximate surface area is 203 Å². The van der Waals surface area contributed by atoms with Crippen molar-refractivity contribution in [3.63, 3.8) is 0 Å². The van der Waals surface area contributed by atoms with Crippen LogP contribution < -0.4 is 22.3 Å². The lowest BCUT2D eigenvalue weighted by molar-refractivity contribution is 0.579. The van der Waals surface area contributed by atoms with Crippen LogP contribution in [0.2, 0.25) is 0 Å². The molecule has 184 valence electrons. The minimum absolute atomic E-state index is 0.0296. The molecule has 36 heavy (non-hydrogen) atoms. The predicted octanol–water partition coefficient (Wildman–Crippen LogP) is 2.07. The van der Waals surface area contributed by atoms with E-state index in [1.54, 1.807) is 0 Å². The molecule has 0 aliphatic heterocycles. The van der Waals surface area contributed by atoms with Gasteiger partial charge in [-0.25, -0.2) is 22.2 Å². The molecule has 1 atom stereocenters. The van der Waals surface area contributed by atoms with Crippen molar-refractivity contribution in [3.05, 3.63) is 69.8 Å². The van der Waals surface area contributed by atoms with Crippen molar-refractivity contribution in [2.24, 2.45) is 0 Å². The average Bonchev–Trinajstić information content (AvgIpc) is 2.77. The highest BCUT2D eigenvalue weighted by Crippen LogP contribution is 2.27. The smallest absolute Gasteiger partial charge is 0.267 e. The van der Waals surface area contributed by atoms with Gasteiger partial charge in [0.05, 0.1) is 27.5 Å². The Morgan fingerprint density at radius 3 is 2.39 bits per heavy atom. The molecular weight excluding hydrogens is 494 g/mol. The molecule has 0 aliphatic carbocycles. The van der Waals surface area contributed by atoms with E-state index in [1.807, 2.05) is 6.07 Å². The number of hydrogen-bond donors (Lipinski definition) is 3. The number of sulfone groups is 1. The summed E-state index contributed by atoms with van der Waals surface area (Å²) in [7, 11) is -3.87. The van der Waals surface area contributed by atoms with Crippen LogP contribution in [0.1, 0.15) is 24.4 Å². The van der Waals surface area contributed by atoms with Crippen LogP contribution in [0.25, 0.3) is 16.6 Å². The number of nitrogens with one attached hydrogen (secondary N) is 1. The number of benzene rings is 2. The maximum Gasteiger partial charge on any atom is 0.267 e. The number of nitrogens with two attached hydrogens (primary N) is 2. The molecule has 4 aromatic rings. The quantitative estimate of drug-likeness (QED) is 0.358. The Hall–Kier alpha value is -4.64. The third-order valence-electron chi connectivity index (χ3n) is 5.20. The Bertz CT molecular complexity index is 1730. The van der Waals surface area contributed by atoms with Crippen molar-refractivity contribution in [1.29, 1.82) is 5.26 Å². The van der Waals surface area contributed by atoms with Gasteiger partial charge in [-0.05, 0) is 31.2 Å². The molecule has 2 heterocycles. The highest BCUT2D eigenvalue weighted by Gasteiger charge is 2.24. The van der Waals surface area contributed by atoms with E-state index < -0.39 is 33.1 Å². The monoisotopic (exact) mass is 512 g/mol. The van der Waals surface area contributed by atoms with E-state index in [1.165, 1.54) is 25.1 Å². The topological polar surface area (TPSA) is 183 Å². The van der Waals surface area contributed by atoms with Crippen molar-refractivity contribution in [3.8, 4) is 11.8 Å². The summed E-state index contributed by atoms with van der Waals surface area (Å²) in [6.45, 7) is 1.54. The fourth-order valence-corrected chi connectivity index (χ4v) is 4.60. The van der Waals surface area contributed by atoms with Gasteiger partial charge < -0.3 is 16.8 Å². The van der Waals surface area contributed by atoms with E-state index in [0.29, 0.717) is 6.07 Å². The largest absolute Gasteiger partial charge is 0.382 e. The van der Waals surface area contributed by atoms with Gasteiger partial charge in [-0.1, -0.05) is 6.07 Å². The molecule has 0 saturated carbocycles.